The van der Waals surface area contributed by atoms with Crippen molar-refractivity contribution in [1.29, 1.82) is 0 Å². The molecule has 0 saturated heterocycles. The van der Waals surface area contributed by atoms with Crippen molar-refractivity contribution in [1.82, 2.24) is 0 Å². The van der Waals surface area contributed by atoms with Crippen molar-refractivity contribution in [3.05, 3.63) is 22.3 Å². The molecule has 2 heterocycles. The number of carbonyl (C=O) groups excluding carboxylic acids is 2. The fourth-order valence-electron chi connectivity index (χ4n) is 2.22. The van der Waals surface area contributed by atoms with E-state index >= 15 is 0 Å². The molecular formula is C14H16N2O4S2. The maximum absolute atomic E-state index is 11.8. The first-order chi connectivity index (χ1) is 10.3. The second-order valence-corrected chi connectivity index (χ2v) is 6.68. The summed E-state index contributed by atoms with van der Waals surface area (Å²) in [6.07, 6.45) is 0. The number of hydrogen-bond acceptors (Lipinski definition) is 8. The molecule has 2 aromatic heterocycles. The van der Waals surface area contributed by atoms with Crippen molar-refractivity contribution in [3.63, 3.8) is 0 Å². The lowest BCUT2D eigenvalue weighted by molar-refractivity contribution is 0.0592. The van der Waals surface area contributed by atoms with Crippen LogP contribution in [0.1, 0.15) is 31.8 Å². The fourth-order valence-corrected chi connectivity index (χ4v) is 4.59. The number of anilines is 2. The van der Waals surface area contributed by atoms with Gasteiger partial charge in [0.05, 0.1) is 35.1 Å². The molecule has 6 nitrogen and oxygen atoms in total. The van der Waals surface area contributed by atoms with Gasteiger partial charge in [-0.15, -0.1) is 22.7 Å². The van der Waals surface area contributed by atoms with Crippen molar-refractivity contribution < 1.29 is 19.1 Å². The van der Waals surface area contributed by atoms with E-state index < -0.39 is 11.9 Å². The van der Waals surface area contributed by atoms with Gasteiger partial charge in [-0.25, -0.2) is 9.59 Å². The second kappa shape index (κ2) is 5.98. The summed E-state index contributed by atoms with van der Waals surface area (Å²) in [5.74, 6) is -0.958. The first-order valence-corrected chi connectivity index (χ1v) is 7.91. The lowest BCUT2D eigenvalue weighted by Crippen LogP contribution is -2.05. The molecule has 2 rings (SSSR count). The standard InChI is InChI=1S/C14H16N2O4S2/c1-5-7(13(17)19-3)11(15)21-9(5)10-6(2)8(12(16)22-10)14(18)20-4/h15-16H2,1-4H3. The predicted octanol–water partition coefficient (Wildman–Crippen LogP) is 2.83. The van der Waals surface area contributed by atoms with E-state index in [0.29, 0.717) is 21.1 Å². The molecule has 8 heteroatoms. The number of methoxy groups -OCH3 is 2. The average molecular weight is 340 g/mol. The number of rotatable bonds is 3. The van der Waals surface area contributed by atoms with Crippen molar-refractivity contribution in [2.45, 2.75) is 13.8 Å². The summed E-state index contributed by atoms with van der Waals surface area (Å²) in [6, 6.07) is 0. The highest BCUT2D eigenvalue weighted by Gasteiger charge is 2.26. The Morgan fingerprint density at radius 3 is 1.41 bits per heavy atom. The molecule has 0 bridgehead atoms. The number of esters is 2. The van der Waals surface area contributed by atoms with Crippen molar-refractivity contribution in [2.24, 2.45) is 0 Å². The van der Waals surface area contributed by atoms with Crippen LogP contribution in [-0.2, 0) is 9.47 Å². The van der Waals surface area contributed by atoms with Crippen LogP contribution in [0.5, 0.6) is 0 Å². The van der Waals surface area contributed by atoms with E-state index in [-0.39, 0.29) is 0 Å². The van der Waals surface area contributed by atoms with Crippen molar-refractivity contribution >= 4 is 44.6 Å². The van der Waals surface area contributed by atoms with Gasteiger partial charge in [0.1, 0.15) is 10.0 Å². The third-order valence-corrected chi connectivity index (χ3v) is 5.74. The highest BCUT2D eigenvalue weighted by atomic mass is 32.1. The minimum absolute atomic E-state index is 0.355. The summed E-state index contributed by atoms with van der Waals surface area (Å²) in [4.78, 5) is 25.3. The zero-order valence-electron chi connectivity index (χ0n) is 12.6. The minimum atomic E-state index is -0.479. The molecule has 22 heavy (non-hydrogen) atoms. The normalized spacial score (nSPS) is 10.5. The highest BCUT2D eigenvalue weighted by molar-refractivity contribution is 7.26. The van der Waals surface area contributed by atoms with Crippen molar-refractivity contribution in [2.75, 3.05) is 25.7 Å². The van der Waals surface area contributed by atoms with Gasteiger partial charge in [-0.3, -0.25) is 0 Å². The van der Waals surface area contributed by atoms with Gasteiger partial charge in [0.15, 0.2) is 0 Å². The third kappa shape index (κ3) is 2.44. The zero-order valence-corrected chi connectivity index (χ0v) is 14.2. The molecule has 118 valence electrons. The van der Waals surface area contributed by atoms with Gasteiger partial charge in [-0.05, 0) is 25.0 Å². The van der Waals surface area contributed by atoms with Crippen LogP contribution in [-0.4, -0.2) is 26.2 Å². The fraction of sp³-hybridized carbons (Fsp3) is 0.286. The number of ether oxygens (including phenoxy) is 2. The molecule has 0 saturated carbocycles. The molecule has 0 unspecified atom stereocenters. The molecule has 0 amide bonds. The Kier molecular flexibility index (Phi) is 4.43. The number of thiophene rings is 2. The van der Waals surface area contributed by atoms with E-state index in [2.05, 4.69) is 0 Å². The topological polar surface area (TPSA) is 105 Å². The third-order valence-electron chi connectivity index (χ3n) is 3.33. The van der Waals surface area contributed by atoms with Gasteiger partial charge < -0.3 is 20.9 Å². The second-order valence-electron chi connectivity index (χ2n) is 4.57. The van der Waals surface area contributed by atoms with Crippen LogP contribution in [0.15, 0.2) is 0 Å². The monoisotopic (exact) mass is 340 g/mol. The quantitative estimate of drug-likeness (QED) is 0.833. The van der Waals surface area contributed by atoms with Gasteiger partial charge in [0, 0.05) is 0 Å². The van der Waals surface area contributed by atoms with E-state index in [4.69, 9.17) is 20.9 Å². The molecule has 0 aliphatic heterocycles. The van der Waals surface area contributed by atoms with E-state index in [9.17, 15) is 9.59 Å². The smallest absolute Gasteiger partial charge is 0.341 e. The predicted molar refractivity (Wildman–Crippen MR) is 88.6 cm³/mol. The van der Waals surface area contributed by atoms with Crippen LogP contribution >= 0.6 is 22.7 Å². The van der Waals surface area contributed by atoms with E-state index in [1.807, 2.05) is 0 Å². The summed E-state index contributed by atoms with van der Waals surface area (Å²) in [5, 5.41) is 0.760. The Hall–Kier alpha value is -2.06. The molecule has 0 aromatic carbocycles. The SMILES string of the molecule is COC(=O)c1c(N)sc(-c2sc(N)c(C(=O)OC)c2C)c1C. The Labute approximate surface area is 135 Å². The molecule has 4 N–H and O–H groups in total. The van der Waals surface area contributed by atoms with E-state index in [1.165, 1.54) is 36.9 Å². The van der Waals surface area contributed by atoms with Gasteiger partial charge in [0.2, 0.25) is 0 Å². The molecular weight excluding hydrogens is 324 g/mol. The van der Waals surface area contributed by atoms with Crippen LogP contribution in [0.3, 0.4) is 0 Å². The lowest BCUT2D eigenvalue weighted by Gasteiger charge is -2.02. The van der Waals surface area contributed by atoms with Crippen LogP contribution in [0, 0.1) is 13.8 Å². The lowest BCUT2D eigenvalue weighted by atomic mass is 10.1. The Morgan fingerprint density at radius 2 is 1.14 bits per heavy atom. The molecule has 0 radical (unpaired) electrons. The number of nitrogens with two attached hydrogens (primary N) is 2. The zero-order chi connectivity index (χ0) is 16.6. The average Bonchev–Trinajstić information content (AvgIpc) is 2.94. The van der Waals surface area contributed by atoms with E-state index in [1.54, 1.807) is 13.8 Å². The molecule has 2 aromatic rings. The molecule has 0 aliphatic rings. The maximum Gasteiger partial charge on any atom is 0.341 e. The van der Waals surface area contributed by atoms with Gasteiger partial charge >= 0.3 is 11.9 Å². The van der Waals surface area contributed by atoms with Crippen LogP contribution in [0.2, 0.25) is 0 Å². The summed E-state index contributed by atoms with van der Waals surface area (Å²) >= 11 is 2.55. The van der Waals surface area contributed by atoms with E-state index in [0.717, 1.165) is 20.9 Å². The van der Waals surface area contributed by atoms with Crippen LogP contribution in [0.4, 0.5) is 10.0 Å². The minimum Gasteiger partial charge on any atom is -0.465 e. The largest absolute Gasteiger partial charge is 0.465 e. The van der Waals surface area contributed by atoms with Gasteiger partial charge in [-0.2, -0.15) is 0 Å². The molecule has 0 fully saturated rings. The number of carbonyl (C=O) groups is 2. The van der Waals surface area contributed by atoms with Gasteiger partial charge in [0.25, 0.3) is 0 Å². The van der Waals surface area contributed by atoms with Crippen LogP contribution in [0.25, 0.3) is 9.75 Å². The summed E-state index contributed by atoms with van der Waals surface area (Å²) in [7, 11) is 2.62. The van der Waals surface area contributed by atoms with Gasteiger partial charge in [-0.1, -0.05) is 0 Å². The Morgan fingerprint density at radius 1 is 0.818 bits per heavy atom. The number of hydrogen-bond donors (Lipinski definition) is 2. The maximum atomic E-state index is 11.8. The summed E-state index contributed by atoms with van der Waals surface area (Å²) in [5.41, 5.74) is 14.0. The molecule has 0 spiro atoms. The first-order valence-electron chi connectivity index (χ1n) is 6.28. The first kappa shape index (κ1) is 16.3. The summed E-state index contributed by atoms with van der Waals surface area (Å²) < 4.78 is 9.51. The number of nitrogen functional groups attached to an aromatic ring is 2. The summed E-state index contributed by atoms with van der Waals surface area (Å²) in [6.45, 7) is 3.59. The van der Waals surface area contributed by atoms with Crippen molar-refractivity contribution in [3.8, 4) is 9.75 Å². The molecule has 0 aliphatic carbocycles. The molecule has 0 atom stereocenters. The van der Waals surface area contributed by atoms with Crippen LogP contribution < -0.4 is 11.5 Å². The highest BCUT2D eigenvalue weighted by Crippen LogP contribution is 2.45. The Balaban J connectivity index is 2.64. The Bertz CT molecular complexity index is 697.